The molecule has 0 bridgehead atoms. The zero-order valence-corrected chi connectivity index (χ0v) is 12.5. The first-order valence-corrected chi connectivity index (χ1v) is 7.45. The van der Waals surface area contributed by atoms with Gasteiger partial charge in [-0.1, -0.05) is 23.2 Å². The number of amides is 1. The molecule has 0 saturated carbocycles. The molecule has 0 spiro atoms. The van der Waals surface area contributed by atoms with Crippen molar-refractivity contribution in [2.75, 3.05) is 18.6 Å². The normalized spacial score (nSPS) is 14.1. The number of hydrogen-bond donors (Lipinski definition) is 2. The van der Waals surface area contributed by atoms with Gasteiger partial charge in [0.2, 0.25) is 0 Å². The van der Waals surface area contributed by atoms with Crippen LogP contribution in [0.3, 0.4) is 0 Å². The number of aliphatic hydroxyl groups is 1. The molecule has 3 nitrogen and oxygen atoms in total. The average molecular weight is 308 g/mol. The summed E-state index contributed by atoms with van der Waals surface area (Å²) in [5.74, 6) is 0.268. The fraction of sp³-hybridized carbons (Fsp3) is 0.417. The first-order valence-electron chi connectivity index (χ1n) is 5.30. The maximum Gasteiger partial charge on any atom is 0.251 e. The van der Waals surface area contributed by atoms with Crippen LogP contribution in [0.25, 0.3) is 0 Å². The van der Waals surface area contributed by atoms with Crippen molar-refractivity contribution in [3.05, 3.63) is 33.8 Å². The van der Waals surface area contributed by atoms with Gasteiger partial charge in [-0.05, 0) is 31.4 Å². The standard InChI is InChI=1S/C12H15Cl2NO2S/c1-12(17,7-18-2)6-15-11(16)8-3-4-9(13)10(14)5-8/h3-5,17H,6-7H2,1-2H3,(H,15,16)/t12-/m0/s1. The smallest absolute Gasteiger partial charge is 0.251 e. The van der Waals surface area contributed by atoms with Crippen LogP contribution in [0.1, 0.15) is 17.3 Å². The number of hydrogen-bond acceptors (Lipinski definition) is 3. The largest absolute Gasteiger partial charge is 0.387 e. The van der Waals surface area contributed by atoms with Gasteiger partial charge in [-0.15, -0.1) is 0 Å². The van der Waals surface area contributed by atoms with Crippen molar-refractivity contribution in [1.82, 2.24) is 5.32 Å². The minimum Gasteiger partial charge on any atom is -0.387 e. The second kappa shape index (κ2) is 6.66. The van der Waals surface area contributed by atoms with Gasteiger partial charge >= 0.3 is 0 Å². The monoisotopic (exact) mass is 307 g/mol. The summed E-state index contributed by atoms with van der Waals surface area (Å²) < 4.78 is 0. The molecule has 0 aliphatic rings. The second-order valence-electron chi connectivity index (χ2n) is 4.24. The van der Waals surface area contributed by atoms with Crippen molar-refractivity contribution < 1.29 is 9.90 Å². The summed E-state index contributed by atoms with van der Waals surface area (Å²) in [5, 5.41) is 13.3. The highest BCUT2D eigenvalue weighted by atomic mass is 35.5. The van der Waals surface area contributed by atoms with Crippen molar-refractivity contribution in [3.8, 4) is 0 Å². The zero-order valence-electron chi connectivity index (χ0n) is 10.2. The Morgan fingerprint density at radius 3 is 2.67 bits per heavy atom. The Labute approximate surface area is 121 Å². The average Bonchev–Trinajstić information content (AvgIpc) is 2.30. The number of carbonyl (C=O) groups is 1. The van der Waals surface area contributed by atoms with E-state index in [4.69, 9.17) is 23.2 Å². The minimum atomic E-state index is -0.925. The van der Waals surface area contributed by atoms with Crippen LogP contribution < -0.4 is 5.32 Å². The summed E-state index contributed by atoms with van der Waals surface area (Å²) in [6.45, 7) is 1.87. The van der Waals surface area contributed by atoms with E-state index < -0.39 is 5.60 Å². The van der Waals surface area contributed by atoms with Crippen molar-refractivity contribution in [2.24, 2.45) is 0 Å². The zero-order chi connectivity index (χ0) is 13.8. The van der Waals surface area contributed by atoms with Crippen LogP contribution in [0, 0.1) is 0 Å². The molecule has 1 atom stereocenters. The van der Waals surface area contributed by atoms with Gasteiger partial charge in [0.1, 0.15) is 0 Å². The fourth-order valence-electron chi connectivity index (χ4n) is 1.37. The molecular formula is C12H15Cl2NO2S. The van der Waals surface area contributed by atoms with E-state index in [0.717, 1.165) is 0 Å². The Morgan fingerprint density at radius 1 is 1.44 bits per heavy atom. The molecule has 0 radical (unpaired) electrons. The molecule has 0 unspecified atom stereocenters. The Morgan fingerprint density at radius 2 is 2.11 bits per heavy atom. The van der Waals surface area contributed by atoms with Gasteiger partial charge in [0, 0.05) is 17.9 Å². The Balaban J connectivity index is 2.63. The highest BCUT2D eigenvalue weighted by molar-refractivity contribution is 7.98. The highest BCUT2D eigenvalue weighted by Crippen LogP contribution is 2.22. The quantitative estimate of drug-likeness (QED) is 0.879. The SMILES string of the molecule is CSC[C@@](C)(O)CNC(=O)c1ccc(Cl)c(Cl)c1. The lowest BCUT2D eigenvalue weighted by Gasteiger charge is -2.22. The van der Waals surface area contributed by atoms with Crippen LogP contribution in [0.15, 0.2) is 18.2 Å². The number of halogens is 2. The number of rotatable bonds is 5. The summed E-state index contributed by atoms with van der Waals surface area (Å²) in [6, 6.07) is 4.66. The molecule has 0 fully saturated rings. The van der Waals surface area contributed by atoms with Crippen LogP contribution >= 0.6 is 35.0 Å². The summed E-state index contributed by atoms with van der Waals surface area (Å²) in [5.41, 5.74) is -0.505. The van der Waals surface area contributed by atoms with Crippen LogP contribution in [-0.4, -0.2) is 35.2 Å². The lowest BCUT2D eigenvalue weighted by Crippen LogP contribution is -2.42. The van der Waals surface area contributed by atoms with Crippen LogP contribution in [0.5, 0.6) is 0 Å². The number of carbonyl (C=O) groups excluding carboxylic acids is 1. The maximum absolute atomic E-state index is 11.8. The van der Waals surface area contributed by atoms with Crippen LogP contribution in [0.4, 0.5) is 0 Å². The molecular weight excluding hydrogens is 293 g/mol. The molecule has 0 aliphatic heterocycles. The van der Waals surface area contributed by atoms with Gasteiger partial charge in [0.25, 0.3) is 5.91 Å². The van der Waals surface area contributed by atoms with E-state index in [1.165, 1.54) is 17.8 Å². The van der Waals surface area contributed by atoms with Gasteiger partial charge in [0.15, 0.2) is 0 Å². The van der Waals surface area contributed by atoms with Gasteiger partial charge in [0.05, 0.1) is 15.6 Å². The Kier molecular flexibility index (Phi) is 5.79. The van der Waals surface area contributed by atoms with E-state index in [0.29, 0.717) is 21.4 Å². The summed E-state index contributed by atoms with van der Waals surface area (Å²) in [6.07, 6.45) is 1.90. The lowest BCUT2D eigenvalue weighted by atomic mass is 10.1. The fourth-order valence-corrected chi connectivity index (χ4v) is 2.39. The topological polar surface area (TPSA) is 49.3 Å². The first-order chi connectivity index (χ1) is 8.35. The summed E-state index contributed by atoms with van der Waals surface area (Å²) in [7, 11) is 0. The van der Waals surface area contributed by atoms with E-state index >= 15 is 0 Å². The molecule has 1 amide bonds. The molecule has 0 heterocycles. The van der Waals surface area contributed by atoms with Crippen molar-refractivity contribution in [1.29, 1.82) is 0 Å². The third-order valence-corrected chi connectivity index (χ3v) is 3.92. The predicted molar refractivity (Wildman–Crippen MR) is 77.8 cm³/mol. The predicted octanol–water partition coefficient (Wildman–Crippen LogP) is 2.84. The van der Waals surface area contributed by atoms with Gasteiger partial charge in [-0.3, -0.25) is 4.79 Å². The van der Waals surface area contributed by atoms with Crippen molar-refractivity contribution >= 4 is 40.9 Å². The van der Waals surface area contributed by atoms with Crippen LogP contribution in [-0.2, 0) is 0 Å². The van der Waals surface area contributed by atoms with E-state index in [9.17, 15) is 9.90 Å². The van der Waals surface area contributed by atoms with Crippen molar-refractivity contribution in [2.45, 2.75) is 12.5 Å². The van der Waals surface area contributed by atoms with E-state index in [1.807, 2.05) is 6.26 Å². The molecule has 2 N–H and O–H groups in total. The molecule has 0 aliphatic carbocycles. The molecule has 100 valence electrons. The molecule has 0 aromatic heterocycles. The molecule has 1 aromatic rings. The number of benzene rings is 1. The van der Waals surface area contributed by atoms with Crippen molar-refractivity contribution in [3.63, 3.8) is 0 Å². The van der Waals surface area contributed by atoms with Gasteiger partial charge in [-0.2, -0.15) is 11.8 Å². The van der Waals surface area contributed by atoms with Gasteiger partial charge in [-0.25, -0.2) is 0 Å². The Bertz CT molecular complexity index is 438. The molecule has 1 aromatic carbocycles. The molecule has 18 heavy (non-hydrogen) atoms. The number of thioether (sulfide) groups is 1. The van der Waals surface area contributed by atoms with Gasteiger partial charge < -0.3 is 10.4 Å². The third kappa shape index (κ3) is 4.69. The van der Waals surface area contributed by atoms with E-state index in [-0.39, 0.29) is 12.5 Å². The van der Waals surface area contributed by atoms with Crippen LogP contribution in [0.2, 0.25) is 10.0 Å². The first kappa shape index (κ1) is 15.6. The molecule has 6 heteroatoms. The van der Waals surface area contributed by atoms with E-state index in [1.54, 1.807) is 19.1 Å². The molecule has 1 rings (SSSR count). The second-order valence-corrected chi connectivity index (χ2v) is 5.92. The Hall–Kier alpha value is -0.420. The maximum atomic E-state index is 11.8. The number of nitrogens with one attached hydrogen (secondary N) is 1. The lowest BCUT2D eigenvalue weighted by molar-refractivity contribution is 0.0725. The summed E-state index contributed by atoms with van der Waals surface area (Å²) >= 11 is 13.1. The summed E-state index contributed by atoms with van der Waals surface area (Å²) in [4.78, 5) is 11.8. The van der Waals surface area contributed by atoms with E-state index in [2.05, 4.69) is 5.32 Å². The third-order valence-electron chi connectivity index (χ3n) is 2.27. The molecule has 0 saturated heterocycles. The highest BCUT2D eigenvalue weighted by Gasteiger charge is 2.20. The minimum absolute atomic E-state index is 0.187.